The van der Waals surface area contributed by atoms with Crippen molar-refractivity contribution in [3.05, 3.63) is 59.1 Å². The Bertz CT molecular complexity index is 1210. The molecule has 3 heterocycles. The number of alkyl halides is 3. The Morgan fingerprint density at radius 3 is 2.76 bits per heavy atom. The van der Waals surface area contributed by atoms with Crippen molar-refractivity contribution in [3.8, 4) is 17.3 Å². The highest BCUT2D eigenvalue weighted by atomic mass is 19.4. The summed E-state index contributed by atoms with van der Waals surface area (Å²) in [6.07, 6.45) is 1.17. The summed E-state index contributed by atoms with van der Waals surface area (Å²) in [5.41, 5.74) is 1.57. The zero-order valence-corrected chi connectivity index (χ0v) is 17.2. The van der Waals surface area contributed by atoms with Crippen LogP contribution in [0.15, 0.2) is 35.0 Å². The van der Waals surface area contributed by atoms with Gasteiger partial charge < -0.3 is 14.5 Å². The number of hydrogen-bond donors (Lipinski definition) is 1. The normalized spacial score (nSPS) is 18.0. The number of carbonyl (C=O) groups excluding carboxylic acids is 1. The van der Waals surface area contributed by atoms with Gasteiger partial charge in [-0.3, -0.25) is 9.78 Å². The number of nitrogens with zero attached hydrogens (tertiary/aromatic N) is 3. The van der Waals surface area contributed by atoms with Crippen LogP contribution in [0.4, 0.5) is 17.6 Å². The van der Waals surface area contributed by atoms with Gasteiger partial charge in [0.15, 0.2) is 5.82 Å². The number of fused-ring (bicyclic) bond motifs is 1. The molecule has 2 aliphatic carbocycles. The molecule has 3 aromatic rings. The molecule has 0 unspecified atom stereocenters. The van der Waals surface area contributed by atoms with E-state index in [-0.39, 0.29) is 17.0 Å². The smallest absolute Gasteiger partial charge is 0.439 e. The molecular weight excluding hydrogens is 444 g/mol. The quantitative estimate of drug-likeness (QED) is 0.545. The second kappa shape index (κ2) is 8.13. The van der Waals surface area contributed by atoms with Gasteiger partial charge in [0.25, 0.3) is 5.91 Å². The fourth-order valence-corrected chi connectivity index (χ4v) is 3.86. The summed E-state index contributed by atoms with van der Waals surface area (Å²) in [4.78, 5) is 24.7. The molecule has 172 valence electrons. The van der Waals surface area contributed by atoms with Crippen molar-refractivity contribution in [3.63, 3.8) is 0 Å². The number of amides is 1. The molecule has 3 aromatic heterocycles. The van der Waals surface area contributed by atoms with Crippen LogP contribution in [0.5, 0.6) is 5.88 Å². The molecule has 0 radical (unpaired) electrons. The molecule has 33 heavy (non-hydrogen) atoms. The van der Waals surface area contributed by atoms with Crippen LogP contribution in [0.25, 0.3) is 11.5 Å². The van der Waals surface area contributed by atoms with Gasteiger partial charge in [0.05, 0.1) is 23.5 Å². The van der Waals surface area contributed by atoms with Crippen molar-refractivity contribution in [2.75, 3.05) is 0 Å². The molecule has 1 atom stereocenters. The monoisotopic (exact) mass is 462 g/mol. The summed E-state index contributed by atoms with van der Waals surface area (Å²) in [6.45, 7) is 0. The third-order valence-electron chi connectivity index (χ3n) is 5.58. The van der Waals surface area contributed by atoms with E-state index in [9.17, 15) is 22.4 Å². The van der Waals surface area contributed by atoms with Gasteiger partial charge >= 0.3 is 6.36 Å². The summed E-state index contributed by atoms with van der Waals surface area (Å²) in [5.74, 6) is -1.05. The fourth-order valence-electron chi connectivity index (χ4n) is 3.86. The van der Waals surface area contributed by atoms with Crippen LogP contribution in [-0.2, 0) is 6.42 Å². The zero-order valence-electron chi connectivity index (χ0n) is 17.2. The van der Waals surface area contributed by atoms with Crippen molar-refractivity contribution in [2.45, 2.75) is 50.4 Å². The fraction of sp³-hybridized carbons (Fsp3) is 0.364. The number of pyridine rings is 2. The molecule has 1 N–H and O–H groups in total. The topological polar surface area (TPSA) is 90.1 Å². The van der Waals surface area contributed by atoms with Gasteiger partial charge in [-0.2, -0.15) is 0 Å². The highest BCUT2D eigenvalue weighted by molar-refractivity contribution is 5.94. The maximum Gasteiger partial charge on any atom is 0.574 e. The molecule has 7 nitrogen and oxygen atoms in total. The van der Waals surface area contributed by atoms with Crippen molar-refractivity contribution >= 4 is 5.91 Å². The van der Waals surface area contributed by atoms with E-state index < -0.39 is 30.0 Å². The minimum Gasteiger partial charge on any atom is -0.439 e. The Morgan fingerprint density at radius 2 is 2.00 bits per heavy atom. The first kappa shape index (κ1) is 21.4. The molecule has 1 fully saturated rings. The van der Waals surface area contributed by atoms with Crippen LogP contribution in [0.3, 0.4) is 0 Å². The minimum absolute atomic E-state index is 0.0506. The standard InChI is InChI=1S/C22H18F4N4O3/c23-14-10-28-17(11-4-5-11)9-13(14)21-30-16-3-1-2-15(19(16)32-21)29-20(31)12-6-7-27-18(8-12)33-22(24,25)26/h6-11,15H,1-5H2,(H,29,31)/t15-/m0/s1. The largest absolute Gasteiger partial charge is 0.574 e. The van der Waals surface area contributed by atoms with Gasteiger partial charge in [0.2, 0.25) is 11.8 Å². The van der Waals surface area contributed by atoms with Crippen LogP contribution in [0.1, 0.15) is 65.1 Å². The predicted molar refractivity (Wildman–Crippen MR) is 106 cm³/mol. The van der Waals surface area contributed by atoms with E-state index in [1.807, 2.05) is 0 Å². The third-order valence-corrected chi connectivity index (χ3v) is 5.58. The Morgan fingerprint density at radius 1 is 1.18 bits per heavy atom. The highest BCUT2D eigenvalue weighted by Gasteiger charge is 2.33. The predicted octanol–water partition coefficient (Wildman–Crippen LogP) is 4.85. The van der Waals surface area contributed by atoms with Crippen molar-refractivity contribution in [2.24, 2.45) is 0 Å². The van der Waals surface area contributed by atoms with E-state index in [2.05, 4.69) is 25.0 Å². The van der Waals surface area contributed by atoms with Gasteiger partial charge in [-0.1, -0.05) is 0 Å². The van der Waals surface area contributed by atoms with E-state index >= 15 is 0 Å². The van der Waals surface area contributed by atoms with Crippen LogP contribution >= 0.6 is 0 Å². The van der Waals surface area contributed by atoms with Gasteiger partial charge in [-0.25, -0.2) is 14.4 Å². The van der Waals surface area contributed by atoms with E-state index in [0.29, 0.717) is 36.6 Å². The molecular formula is C22H18F4N4O3. The molecule has 0 aromatic carbocycles. The summed E-state index contributed by atoms with van der Waals surface area (Å²) in [5, 5.41) is 2.76. The highest BCUT2D eigenvalue weighted by Crippen LogP contribution is 2.41. The second-order valence-electron chi connectivity index (χ2n) is 8.04. The first-order valence-electron chi connectivity index (χ1n) is 10.4. The van der Waals surface area contributed by atoms with E-state index in [1.165, 1.54) is 6.07 Å². The molecule has 5 rings (SSSR count). The first-order valence-corrected chi connectivity index (χ1v) is 10.4. The molecule has 1 saturated carbocycles. The van der Waals surface area contributed by atoms with Crippen LogP contribution < -0.4 is 10.1 Å². The number of ether oxygens (including phenoxy) is 1. The second-order valence-corrected chi connectivity index (χ2v) is 8.04. The average Bonchev–Trinajstić information content (AvgIpc) is 3.51. The summed E-state index contributed by atoms with van der Waals surface area (Å²) in [7, 11) is 0. The van der Waals surface area contributed by atoms with Crippen LogP contribution in [0, 0.1) is 5.82 Å². The molecule has 0 saturated heterocycles. The van der Waals surface area contributed by atoms with E-state index in [1.54, 1.807) is 6.07 Å². The maximum absolute atomic E-state index is 14.5. The summed E-state index contributed by atoms with van der Waals surface area (Å²) in [6, 6.07) is 3.27. The Hall–Kier alpha value is -3.50. The third kappa shape index (κ3) is 4.67. The number of rotatable bonds is 5. The summed E-state index contributed by atoms with van der Waals surface area (Å²) >= 11 is 0. The number of aryl methyl sites for hydroxylation is 1. The van der Waals surface area contributed by atoms with Gasteiger partial charge in [-0.15, -0.1) is 13.2 Å². The van der Waals surface area contributed by atoms with Gasteiger partial charge in [-0.05, 0) is 44.2 Å². The SMILES string of the molecule is O=C(N[C@H]1CCCc2nc(-c3cc(C4CC4)ncc3F)oc21)c1ccnc(OC(F)(F)F)c1. The molecule has 0 spiro atoms. The van der Waals surface area contributed by atoms with Crippen LogP contribution in [0.2, 0.25) is 0 Å². The Kier molecular flexibility index (Phi) is 5.26. The molecule has 2 aliphatic rings. The Labute approximate surface area is 185 Å². The van der Waals surface area contributed by atoms with Gasteiger partial charge in [0, 0.05) is 29.4 Å². The lowest BCUT2D eigenvalue weighted by atomic mass is 9.97. The number of nitrogens with one attached hydrogen (secondary N) is 1. The molecule has 11 heteroatoms. The van der Waals surface area contributed by atoms with E-state index in [4.69, 9.17) is 4.42 Å². The number of halogens is 4. The first-order chi connectivity index (χ1) is 15.8. The minimum atomic E-state index is -4.92. The average molecular weight is 462 g/mol. The maximum atomic E-state index is 14.5. The molecule has 0 aliphatic heterocycles. The lowest BCUT2D eigenvalue weighted by Crippen LogP contribution is -2.30. The number of hydrogen-bond acceptors (Lipinski definition) is 6. The summed E-state index contributed by atoms with van der Waals surface area (Å²) < 4.78 is 61.4. The Balaban J connectivity index is 1.38. The molecule has 1 amide bonds. The zero-order chi connectivity index (χ0) is 23.2. The van der Waals surface area contributed by atoms with Crippen molar-refractivity contribution in [1.29, 1.82) is 0 Å². The lowest BCUT2D eigenvalue weighted by molar-refractivity contribution is -0.276. The number of carbonyl (C=O) groups is 1. The number of aromatic nitrogens is 3. The van der Waals surface area contributed by atoms with Crippen LogP contribution in [-0.4, -0.2) is 27.2 Å². The van der Waals surface area contributed by atoms with Crippen molar-refractivity contribution in [1.82, 2.24) is 20.3 Å². The van der Waals surface area contributed by atoms with Gasteiger partial charge in [0.1, 0.15) is 5.76 Å². The molecule has 0 bridgehead atoms. The lowest BCUT2D eigenvalue weighted by Gasteiger charge is -2.21. The van der Waals surface area contributed by atoms with Crippen molar-refractivity contribution < 1.29 is 31.5 Å². The number of oxazole rings is 1. The van der Waals surface area contributed by atoms with E-state index in [0.717, 1.165) is 37.0 Å².